The number of carbonyl (C=O) groups is 5. The number of hydrazine groups is 1. The molecular formula is C29H35N5O6. The Morgan fingerprint density at radius 3 is 2.25 bits per heavy atom. The smallest absolute Gasteiger partial charge is 0.408 e. The third kappa shape index (κ3) is 6.24. The maximum Gasteiger partial charge on any atom is 0.408 e. The van der Waals surface area contributed by atoms with E-state index in [-0.39, 0.29) is 13.1 Å². The number of hydrogen-bond donors (Lipinski definition) is 3. The Morgan fingerprint density at radius 2 is 1.60 bits per heavy atom. The van der Waals surface area contributed by atoms with Crippen LogP contribution in [0.4, 0.5) is 4.79 Å². The molecule has 2 aromatic carbocycles. The van der Waals surface area contributed by atoms with E-state index in [0.717, 1.165) is 23.3 Å². The van der Waals surface area contributed by atoms with Crippen molar-refractivity contribution in [2.75, 3.05) is 26.2 Å². The van der Waals surface area contributed by atoms with Crippen molar-refractivity contribution in [1.29, 1.82) is 0 Å². The summed E-state index contributed by atoms with van der Waals surface area (Å²) in [7, 11) is 0. The van der Waals surface area contributed by atoms with Crippen molar-refractivity contribution < 1.29 is 29.1 Å². The number of hydrogen-bond acceptors (Lipinski definition) is 5. The molecule has 0 aliphatic carbocycles. The van der Waals surface area contributed by atoms with Crippen LogP contribution < -0.4 is 10.9 Å². The first-order valence-electron chi connectivity index (χ1n) is 13.6. The predicted octanol–water partition coefficient (Wildman–Crippen LogP) is 2.27. The highest BCUT2D eigenvalue weighted by Gasteiger charge is 2.42. The first-order chi connectivity index (χ1) is 19.3. The van der Waals surface area contributed by atoms with Crippen LogP contribution in [0.3, 0.4) is 0 Å². The number of carbonyl (C=O) groups excluding carboxylic acids is 4. The van der Waals surface area contributed by atoms with E-state index in [4.69, 9.17) is 0 Å². The van der Waals surface area contributed by atoms with Crippen LogP contribution in [0.2, 0.25) is 0 Å². The molecule has 40 heavy (non-hydrogen) atoms. The van der Waals surface area contributed by atoms with Gasteiger partial charge in [-0.15, -0.1) is 0 Å². The van der Waals surface area contributed by atoms with Crippen molar-refractivity contribution in [3.05, 3.63) is 71.8 Å². The Labute approximate surface area is 233 Å². The van der Waals surface area contributed by atoms with E-state index in [9.17, 15) is 29.1 Å². The monoisotopic (exact) mass is 549 g/mol. The topological polar surface area (TPSA) is 139 Å². The van der Waals surface area contributed by atoms with E-state index in [0.29, 0.717) is 31.5 Å². The fourth-order valence-electron chi connectivity index (χ4n) is 5.46. The standard InChI is InChI=1S/C29H35N5O6/c1-2-3-16-32-18-19-33(28(38)27(32)37)23(21-13-8-5-9-14-21)25(35)30-31-26(36)24-22(20-11-6-4-7-12-20)15-10-17-34(24)29(39)40/h4-9,11-14,22-24H,2-3,10,15-19H2,1H3,(H,30,35)(H,31,36)(H,39,40). The van der Waals surface area contributed by atoms with Crippen molar-refractivity contribution in [2.45, 2.75) is 50.6 Å². The molecule has 2 aliphatic heterocycles. The number of amides is 5. The second-order valence-electron chi connectivity index (χ2n) is 10.0. The van der Waals surface area contributed by atoms with Gasteiger partial charge in [-0.1, -0.05) is 74.0 Å². The normalized spacial score (nSPS) is 20.2. The Hall–Kier alpha value is -4.41. The summed E-state index contributed by atoms with van der Waals surface area (Å²) in [5, 5.41) is 9.81. The van der Waals surface area contributed by atoms with Gasteiger partial charge in [0.25, 0.3) is 11.8 Å². The quantitative estimate of drug-likeness (QED) is 0.341. The van der Waals surface area contributed by atoms with Gasteiger partial charge in [0.1, 0.15) is 12.1 Å². The summed E-state index contributed by atoms with van der Waals surface area (Å²) in [4.78, 5) is 68.7. The molecule has 0 aromatic heterocycles. The van der Waals surface area contributed by atoms with E-state index < -0.39 is 47.7 Å². The zero-order valence-corrected chi connectivity index (χ0v) is 22.5. The minimum atomic E-state index is -1.22. The molecule has 0 radical (unpaired) electrons. The molecule has 0 bridgehead atoms. The number of benzene rings is 2. The molecule has 2 aromatic rings. The van der Waals surface area contributed by atoms with E-state index >= 15 is 0 Å². The minimum Gasteiger partial charge on any atom is -0.465 e. The van der Waals surface area contributed by atoms with Crippen LogP contribution in [0.25, 0.3) is 0 Å². The highest BCUT2D eigenvalue weighted by atomic mass is 16.4. The number of piperazine rings is 1. The average molecular weight is 550 g/mol. The van der Waals surface area contributed by atoms with E-state index in [1.54, 1.807) is 30.3 Å². The Morgan fingerprint density at radius 1 is 0.925 bits per heavy atom. The second-order valence-corrected chi connectivity index (χ2v) is 10.0. The summed E-state index contributed by atoms with van der Waals surface area (Å²) < 4.78 is 0. The fraction of sp³-hybridized carbons (Fsp3) is 0.414. The van der Waals surface area contributed by atoms with Gasteiger partial charge in [-0.25, -0.2) is 4.79 Å². The van der Waals surface area contributed by atoms with Crippen LogP contribution >= 0.6 is 0 Å². The van der Waals surface area contributed by atoms with Gasteiger partial charge in [-0.2, -0.15) is 0 Å². The summed E-state index contributed by atoms with van der Waals surface area (Å²) >= 11 is 0. The summed E-state index contributed by atoms with van der Waals surface area (Å²) in [6.07, 6.45) is 1.62. The van der Waals surface area contributed by atoms with Crippen LogP contribution in [-0.2, 0) is 19.2 Å². The molecule has 11 heteroatoms. The first kappa shape index (κ1) is 28.6. The molecule has 3 N–H and O–H groups in total. The maximum absolute atomic E-state index is 13.5. The molecule has 0 saturated carbocycles. The number of nitrogens with one attached hydrogen (secondary N) is 2. The van der Waals surface area contributed by atoms with Crippen LogP contribution in [-0.4, -0.2) is 81.7 Å². The van der Waals surface area contributed by atoms with Crippen LogP contribution in [0, 0.1) is 0 Å². The molecular weight excluding hydrogens is 514 g/mol. The molecule has 2 heterocycles. The lowest BCUT2D eigenvalue weighted by molar-refractivity contribution is -0.159. The number of carboxylic acid groups (broad SMARTS) is 1. The van der Waals surface area contributed by atoms with Gasteiger partial charge in [0.15, 0.2) is 0 Å². The van der Waals surface area contributed by atoms with Gasteiger partial charge in [-0.05, 0) is 30.4 Å². The molecule has 0 spiro atoms. The lowest BCUT2D eigenvalue weighted by atomic mass is 9.83. The molecule has 3 atom stereocenters. The summed E-state index contributed by atoms with van der Waals surface area (Å²) in [5.74, 6) is -3.24. The number of rotatable bonds is 8. The highest BCUT2D eigenvalue weighted by molar-refractivity contribution is 6.35. The van der Waals surface area contributed by atoms with Crippen molar-refractivity contribution in [2.24, 2.45) is 0 Å². The lowest BCUT2D eigenvalue weighted by Gasteiger charge is -2.39. The maximum atomic E-state index is 13.5. The van der Waals surface area contributed by atoms with Gasteiger partial charge < -0.3 is 14.9 Å². The van der Waals surface area contributed by atoms with E-state index in [2.05, 4.69) is 10.9 Å². The summed E-state index contributed by atoms with van der Waals surface area (Å²) in [6.45, 7) is 3.10. The molecule has 2 saturated heterocycles. The van der Waals surface area contributed by atoms with Gasteiger partial charge in [0.05, 0.1) is 0 Å². The Kier molecular flexibility index (Phi) is 9.36. The molecule has 3 unspecified atom stereocenters. The van der Waals surface area contributed by atoms with Crippen molar-refractivity contribution in [3.63, 3.8) is 0 Å². The van der Waals surface area contributed by atoms with Crippen molar-refractivity contribution in [1.82, 2.24) is 25.6 Å². The van der Waals surface area contributed by atoms with Gasteiger partial charge >= 0.3 is 17.9 Å². The average Bonchev–Trinajstić information content (AvgIpc) is 2.98. The highest BCUT2D eigenvalue weighted by Crippen LogP contribution is 2.33. The largest absolute Gasteiger partial charge is 0.465 e. The van der Waals surface area contributed by atoms with Crippen LogP contribution in [0.5, 0.6) is 0 Å². The van der Waals surface area contributed by atoms with Gasteiger partial charge in [0, 0.05) is 32.1 Å². The van der Waals surface area contributed by atoms with E-state index in [1.165, 1.54) is 9.80 Å². The van der Waals surface area contributed by atoms with Gasteiger partial charge in [0.2, 0.25) is 0 Å². The number of likely N-dealkylation sites (tertiary alicyclic amines) is 1. The Bertz CT molecular complexity index is 1220. The molecule has 212 valence electrons. The van der Waals surface area contributed by atoms with Crippen molar-refractivity contribution in [3.8, 4) is 0 Å². The number of piperidine rings is 1. The fourth-order valence-corrected chi connectivity index (χ4v) is 5.46. The second kappa shape index (κ2) is 13.1. The summed E-state index contributed by atoms with van der Waals surface area (Å²) in [6, 6.07) is 15.5. The molecule has 11 nitrogen and oxygen atoms in total. The van der Waals surface area contributed by atoms with E-state index in [1.807, 2.05) is 37.3 Å². The molecule has 4 rings (SSSR count). The molecule has 2 fully saturated rings. The first-order valence-corrected chi connectivity index (χ1v) is 13.6. The lowest BCUT2D eigenvalue weighted by Crippen LogP contribution is -2.60. The number of unbranched alkanes of at least 4 members (excludes halogenated alkanes) is 1. The van der Waals surface area contributed by atoms with Gasteiger partial charge in [-0.3, -0.25) is 34.9 Å². The molecule has 2 aliphatic rings. The minimum absolute atomic E-state index is 0.153. The SMILES string of the molecule is CCCCN1CCN(C(C(=O)NNC(=O)C2C(c3ccccc3)CCCN2C(=O)O)c2ccccc2)C(=O)C1=O. The third-order valence-electron chi connectivity index (χ3n) is 7.48. The van der Waals surface area contributed by atoms with Crippen LogP contribution in [0.15, 0.2) is 60.7 Å². The third-order valence-corrected chi connectivity index (χ3v) is 7.48. The summed E-state index contributed by atoms with van der Waals surface area (Å²) in [5.41, 5.74) is 6.13. The van der Waals surface area contributed by atoms with Crippen molar-refractivity contribution >= 4 is 29.7 Å². The molecule has 5 amide bonds. The number of nitrogens with zero attached hydrogens (tertiary/aromatic N) is 3. The Balaban J connectivity index is 1.53. The van der Waals surface area contributed by atoms with Crippen LogP contribution in [0.1, 0.15) is 55.7 Å². The predicted molar refractivity (Wildman–Crippen MR) is 146 cm³/mol. The zero-order valence-electron chi connectivity index (χ0n) is 22.5. The zero-order chi connectivity index (χ0) is 28.6.